The zero-order valence-corrected chi connectivity index (χ0v) is 11.3. The number of nitrogens with one attached hydrogen (secondary N) is 1. The number of carbonyl (C=O) groups is 2. The largest absolute Gasteiger partial charge is 0.508 e. The van der Waals surface area contributed by atoms with Gasteiger partial charge in [-0.25, -0.2) is 0 Å². The fourth-order valence-corrected chi connectivity index (χ4v) is 2.99. The second kappa shape index (κ2) is 5.94. The van der Waals surface area contributed by atoms with Gasteiger partial charge in [0.05, 0.1) is 6.42 Å². The van der Waals surface area contributed by atoms with Gasteiger partial charge < -0.3 is 15.5 Å². The van der Waals surface area contributed by atoms with Crippen molar-refractivity contribution in [2.75, 3.05) is 5.32 Å². The number of amides is 1. The van der Waals surface area contributed by atoms with Gasteiger partial charge in [0.25, 0.3) is 0 Å². The molecule has 0 bridgehead atoms. The second-order valence-corrected chi connectivity index (χ2v) is 5.55. The Bertz CT molecular complexity index is 506. The van der Waals surface area contributed by atoms with Crippen LogP contribution in [0.1, 0.15) is 38.5 Å². The lowest BCUT2D eigenvalue weighted by molar-refractivity contribution is -0.140. The fourth-order valence-electron chi connectivity index (χ4n) is 2.99. The molecule has 108 valence electrons. The highest BCUT2D eigenvalue weighted by molar-refractivity contribution is 5.91. The van der Waals surface area contributed by atoms with Gasteiger partial charge in [-0.2, -0.15) is 0 Å². The maximum Gasteiger partial charge on any atom is 0.303 e. The first-order valence-electron chi connectivity index (χ1n) is 6.80. The highest BCUT2D eigenvalue weighted by atomic mass is 16.4. The van der Waals surface area contributed by atoms with E-state index < -0.39 is 11.4 Å². The first-order chi connectivity index (χ1) is 9.49. The van der Waals surface area contributed by atoms with Crippen LogP contribution in [-0.4, -0.2) is 22.1 Å². The number of hydrogen-bond donors (Lipinski definition) is 3. The number of aliphatic carboxylic acids is 1. The average Bonchev–Trinajstić information content (AvgIpc) is 2.75. The summed E-state index contributed by atoms with van der Waals surface area (Å²) in [7, 11) is 0. The standard InChI is InChI=1S/C15H19NO4/c17-12-5-3-4-11(8-12)16-13(18)9-15(10-14(19)20)6-1-2-7-15/h3-5,8,17H,1-2,6-7,9-10H2,(H,16,18)(H,19,20). The van der Waals surface area contributed by atoms with Gasteiger partial charge in [-0.15, -0.1) is 0 Å². The molecule has 1 aromatic carbocycles. The van der Waals surface area contributed by atoms with E-state index in [9.17, 15) is 14.7 Å². The third kappa shape index (κ3) is 3.73. The summed E-state index contributed by atoms with van der Waals surface area (Å²) in [5.74, 6) is -0.959. The van der Waals surface area contributed by atoms with Crippen LogP contribution in [0.2, 0.25) is 0 Å². The number of phenolic OH excluding ortho intramolecular Hbond substituents is 1. The molecule has 0 atom stereocenters. The number of benzene rings is 1. The van der Waals surface area contributed by atoms with E-state index in [-0.39, 0.29) is 24.5 Å². The lowest BCUT2D eigenvalue weighted by Crippen LogP contribution is -2.27. The summed E-state index contributed by atoms with van der Waals surface area (Å²) in [5, 5.41) is 21.1. The number of anilines is 1. The van der Waals surface area contributed by atoms with Gasteiger partial charge in [-0.1, -0.05) is 18.9 Å². The number of hydrogen-bond acceptors (Lipinski definition) is 3. The summed E-state index contributed by atoms with van der Waals surface area (Å²) in [6.07, 6.45) is 3.79. The van der Waals surface area contributed by atoms with Crippen LogP contribution in [0.25, 0.3) is 0 Å². The van der Waals surface area contributed by atoms with Crippen molar-refractivity contribution in [3.8, 4) is 5.75 Å². The number of carbonyl (C=O) groups excluding carboxylic acids is 1. The zero-order chi connectivity index (χ0) is 14.6. The molecule has 1 saturated carbocycles. The monoisotopic (exact) mass is 277 g/mol. The van der Waals surface area contributed by atoms with Crippen LogP contribution in [0.3, 0.4) is 0 Å². The van der Waals surface area contributed by atoms with Crippen molar-refractivity contribution in [2.24, 2.45) is 5.41 Å². The smallest absolute Gasteiger partial charge is 0.303 e. The molecule has 1 aliphatic carbocycles. The van der Waals surface area contributed by atoms with Crippen molar-refractivity contribution < 1.29 is 19.8 Å². The molecular formula is C15H19NO4. The van der Waals surface area contributed by atoms with Crippen LogP contribution >= 0.6 is 0 Å². The van der Waals surface area contributed by atoms with Gasteiger partial charge in [-0.05, 0) is 30.4 Å². The number of carboxylic acids is 1. The van der Waals surface area contributed by atoms with E-state index in [0.29, 0.717) is 5.69 Å². The Hall–Kier alpha value is -2.04. The third-order valence-electron chi connectivity index (χ3n) is 3.86. The Morgan fingerprint density at radius 3 is 2.50 bits per heavy atom. The molecule has 2 rings (SSSR count). The summed E-state index contributed by atoms with van der Waals surface area (Å²) in [5.41, 5.74) is 0.116. The van der Waals surface area contributed by atoms with Crippen molar-refractivity contribution >= 4 is 17.6 Å². The van der Waals surface area contributed by atoms with Crippen LogP contribution < -0.4 is 5.32 Å². The van der Waals surface area contributed by atoms with Crippen molar-refractivity contribution in [1.29, 1.82) is 0 Å². The van der Waals surface area contributed by atoms with Crippen LogP contribution in [0.4, 0.5) is 5.69 Å². The van der Waals surface area contributed by atoms with E-state index in [4.69, 9.17) is 5.11 Å². The lowest BCUT2D eigenvalue weighted by Gasteiger charge is -2.26. The molecule has 0 unspecified atom stereocenters. The topological polar surface area (TPSA) is 86.6 Å². The normalized spacial score (nSPS) is 16.8. The molecule has 1 aromatic rings. The molecule has 0 aliphatic heterocycles. The molecule has 5 heteroatoms. The molecule has 0 saturated heterocycles. The van der Waals surface area contributed by atoms with Crippen LogP contribution in [0.5, 0.6) is 5.75 Å². The van der Waals surface area contributed by atoms with E-state index in [1.807, 2.05) is 0 Å². The molecule has 1 fully saturated rings. The summed E-state index contributed by atoms with van der Waals surface area (Å²) in [6, 6.07) is 6.33. The van der Waals surface area contributed by atoms with E-state index in [0.717, 1.165) is 25.7 Å². The third-order valence-corrected chi connectivity index (χ3v) is 3.86. The van der Waals surface area contributed by atoms with Gasteiger partial charge >= 0.3 is 5.97 Å². The van der Waals surface area contributed by atoms with Crippen LogP contribution in [-0.2, 0) is 9.59 Å². The van der Waals surface area contributed by atoms with Gasteiger partial charge in [0, 0.05) is 18.2 Å². The minimum absolute atomic E-state index is 0.0421. The van der Waals surface area contributed by atoms with Gasteiger partial charge in [-0.3, -0.25) is 9.59 Å². The van der Waals surface area contributed by atoms with Gasteiger partial charge in [0.2, 0.25) is 5.91 Å². The van der Waals surface area contributed by atoms with E-state index in [1.54, 1.807) is 12.1 Å². The highest BCUT2D eigenvalue weighted by Crippen LogP contribution is 2.44. The van der Waals surface area contributed by atoms with Crippen LogP contribution in [0.15, 0.2) is 24.3 Å². The molecule has 0 aromatic heterocycles. The number of carboxylic acid groups (broad SMARTS) is 1. The molecule has 3 N–H and O–H groups in total. The first-order valence-corrected chi connectivity index (χ1v) is 6.80. The van der Waals surface area contributed by atoms with Crippen molar-refractivity contribution in [3.05, 3.63) is 24.3 Å². The molecule has 0 heterocycles. The Balaban J connectivity index is 2.00. The van der Waals surface area contributed by atoms with E-state index in [1.165, 1.54) is 12.1 Å². The molecule has 1 aliphatic rings. The SMILES string of the molecule is O=C(O)CC1(CC(=O)Nc2cccc(O)c2)CCCC1. The Morgan fingerprint density at radius 1 is 1.20 bits per heavy atom. The summed E-state index contributed by atoms with van der Waals surface area (Å²) >= 11 is 0. The molecule has 0 spiro atoms. The maximum absolute atomic E-state index is 12.1. The van der Waals surface area contributed by atoms with Gasteiger partial charge in [0.1, 0.15) is 5.75 Å². The lowest BCUT2D eigenvalue weighted by atomic mass is 9.79. The number of aromatic hydroxyl groups is 1. The summed E-state index contributed by atoms with van der Waals surface area (Å²) in [6.45, 7) is 0. The van der Waals surface area contributed by atoms with Crippen LogP contribution in [0, 0.1) is 5.41 Å². The zero-order valence-electron chi connectivity index (χ0n) is 11.3. The fraction of sp³-hybridized carbons (Fsp3) is 0.467. The summed E-state index contributed by atoms with van der Waals surface area (Å²) in [4.78, 5) is 23.1. The molecule has 5 nitrogen and oxygen atoms in total. The Kier molecular flexibility index (Phi) is 4.27. The molecule has 1 amide bonds. The highest BCUT2D eigenvalue weighted by Gasteiger charge is 2.37. The molecule has 0 radical (unpaired) electrons. The Labute approximate surface area is 117 Å². The maximum atomic E-state index is 12.1. The first kappa shape index (κ1) is 14.4. The average molecular weight is 277 g/mol. The van der Waals surface area contributed by atoms with Gasteiger partial charge in [0.15, 0.2) is 0 Å². The second-order valence-electron chi connectivity index (χ2n) is 5.55. The molecular weight excluding hydrogens is 258 g/mol. The minimum Gasteiger partial charge on any atom is -0.508 e. The van der Waals surface area contributed by atoms with E-state index in [2.05, 4.69) is 5.32 Å². The number of rotatable bonds is 5. The van der Waals surface area contributed by atoms with Crippen molar-refractivity contribution in [3.63, 3.8) is 0 Å². The summed E-state index contributed by atoms with van der Waals surface area (Å²) < 4.78 is 0. The van der Waals surface area contributed by atoms with E-state index >= 15 is 0 Å². The van der Waals surface area contributed by atoms with Crippen molar-refractivity contribution in [1.82, 2.24) is 0 Å². The Morgan fingerprint density at radius 2 is 1.90 bits per heavy atom. The van der Waals surface area contributed by atoms with Crippen molar-refractivity contribution in [2.45, 2.75) is 38.5 Å². The quantitative estimate of drug-likeness (QED) is 0.772. The predicted octanol–water partition coefficient (Wildman–Crippen LogP) is 2.76. The predicted molar refractivity (Wildman–Crippen MR) is 74.5 cm³/mol. The number of phenols is 1. The molecule has 20 heavy (non-hydrogen) atoms. The minimum atomic E-state index is -0.850.